The molecule has 4 rings (SSSR count). The summed E-state index contributed by atoms with van der Waals surface area (Å²) >= 11 is -3.24. The summed E-state index contributed by atoms with van der Waals surface area (Å²) in [6.07, 6.45) is 22.0. The standard InChI is InChI=1S/2C12H17.2CH3.2ClH.Hf.H2Si/c2*1-2-5-10-8-11-6-3-4-7-12(11)9-10;;;;;;/h2*8-9H,2-7H2,1H3;2*1H3;2*1H;;1H2. The molecule has 0 saturated carbocycles. The number of hydrogen-bond acceptors (Lipinski definition) is 0. The predicted octanol–water partition coefficient (Wildman–Crippen LogP) is 8.96. The average molecular weight is 634 g/mol. The summed E-state index contributed by atoms with van der Waals surface area (Å²) in [5.41, 5.74) is 11.2. The van der Waals surface area contributed by atoms with Gasteiger partial charge in [-0.15, -0.1) is 24.8 Å². The zero-order valence-corrected chi connectivity index (χ0v) is 26.5. The van der Waals surface area contributed by atoms with Crippen molar-refractivity contribution in [2.24, 2.45) is 0 Å². The Balaban J connectivity index is 0.00000160. The van der Waals surface area contributed by atoms with Gasteiger partial charge in [-0.25, -0.2) is 0 Å². The number of halogens is 2. The van der Waals surface area contributed by atoms with Crippen LogP contribution < -0.4 is 0 Å². The summed E-state index contributed by atoms with van der Waals surface area (Å²) < 4.78 is 7.52. The monoisotopic (exact) mass is 634 g/mol. The van der Waals surface area contributed by atoms with E-state index >= 15 is 0 Å². The van der Waals surface area contributed by atoms with Crippen molar-refractivity contribution in [3.8, 4) is 0 Å². The molecule has 2 unspecified atom stereocenters. The Morgan fingerprint density at radius 1 is 0.733 bits per heavy atom. The van der Waals surface area contributed by atoms with E-state index in [0.717, 1.165) is 7.35 Å². The molecule has 2 atom stereocenters. The SMILES string of the molecule is CCCC1=CC2=C(CCCC2)[CH]1[Hf]([CH3])([CH3])(=[SiH2])[CH]1C(CCC)=CC2=C1CCCC2.Cl.Cl. The van der Waals surface area contributed by atoms with E-state index in [4.69, 9.17) is 0 Å². The van der Waals surface area contributed by atoms with Crippen LogP contribution in [0.2, 0.25) is 16.7 Å². The minimum atomic E-state index is -3.24. The third-order valence-corrected chi connectivity index (χ3v) is 33.7. The van der Waals surface area contributed by atoms with Crippen molar-refractivity contribution in [3.05, 3.63) is 45.6 Å². The smallest absolute Gasteiger partial charge is 0.147 e. The number of rotatable bonds is 6. The molecule has 170 valence electrons. The maximum Gasteiger partial charge on any atom is -0.147 e. The van der Waals surface area contributed by atoms with Crippen molar-refractivity contribution in [2.75, 3.05) is 0 Å². The van der Waals surface area contributed by atoms with Gasteiger partial charge in [0.15, 0.2) is 0 Å². The normalized spacial score (nSPS) is 26.4. The zero-order chi connectivity index (χ0) is 20.0. The van der Waals surface area contributed by atoms with Crippen LogP contribution in [-0.4, -0.2) is 6.94 Å². The van der Waals surface area contributed by atoms with Gasteiger partial charge < -0.3 is 0 Å². The first kappa shape index (κ1) is 26.9. The Kier molecular flexibility index (Phi) is 9.20. The predicted molar refractivity (Wildman–Crippen MR) is 139 cm³/mol. The molecule has 0 bridgehead atoms. The van der Waals surface area contributed by atoms with Gasteiger partial charge in [0.1, 0.15) is 0 Å². The van der Waals surface area contributed by atoms with E-state index in [1.54, 1.807) is 11.1 Å². The Labute approximate surface area is 200 Å². The molecule has 0 nitrogen and oxygen atoms in total. The fourth-order valence-corrected chi connectivity index (χ4v) is 38.0. The molecule has 0 amide bonds. The molecule has 0 radical (unpaired) electrons. The van der Waals surface area contributed by atoms with Crippen molar-refractivity contribution in [1.29, 1.82) is 0 Å². The van der Waals surface area contributed by atoms with E-state index < -0.39 is 17.1 Å². The summed E-state index contributed by atoms with van der Waals surface area (Å²) in [4.78, 5) is 0. The van der Waals surface area contributed by atoms with Crippen LogP contribution in [0.3, 0.4) is 0 Å². The first-order chi connectivity index (χ1) is 13.4. The van der Waals surface area contributed by atoms with E-state index in [1.165, 1.54) is 77.0 Å². The van der Waals surface area contributed by atoms with Crippen molar-refractivity contribution in [3.63, 3.8) is 0 Å². The Morgan fingerprint density at radius 3 is 1.47 bits per heavy atom. The summed E-state index contributed by atoms with van der Waals surface area (Å²) in [7, 11) is 0. The van der Waals surface area contributed by atoms with E-state index in [-0.39, 0.29) is 24.8 Å². The Morgan fingerprint density at radius 2 is 1.10 bits per heavy atom. The van der Waals surface area contributed by atoms with Gasteiger partial charge in [0, 0.05) is 0 Å². The van der Waals surface area contributed by atoms with Gasteiger partial charge in [-0.2, -0.15) is 0 Å². The van der Waals surface area contributed by atoms with Crippen LogP contribution in [0.4, 0.5) is 0 Å². The third-order valence-electron chi connectivity index (χ3n) is 8.24. The van der Waals surface area contributed by atoms with Gasteiger partial charge in [0.2, 0.25) is 0 Å². The summed E-state index contributed by atoms with van der Waals surface area (Å²) in [5.74, 6) is 0. The second kappa shape index (κ2) is 10.3. The van der Waals surface area contributed by atoms with Crippen LogP contribution in [-0.2, 0) is 17.1 Å². The Hall–Kier alpha value is 0.627. The fourth-order valence-electron chi connectivity index (χ4n) is 7.49. The van der Waals surface area contributed by atoms with Gasteiger partial charge >= 0.3 is 177 Å². The van der Waals surface area contributed by atoms with E-state index in [1.807, 2.05) is 22.3 Å². The fraction of sp³-hybridized carbons (Fsp3) is 0.692. The first-order valence-corrected chi connectivity index (χ1v) is 31.9. The molecule has 0 heterocycles. The molecule has 0 aliphatic heterocycles. The number of allylic oxidation sites excluding steroid dienone is 8. The van der Waals surface area contributed by atoms with Gasteiger partial charge in [0.25, 0.3) is 0 Å². The maximum atomic E-state index is 2.88. The number of hydrogen-bond donors (Lipinski definition) is 0. The van der Waals surface area contributed by atoms with Crippen LogP contribution in [0.5, 0.6) is 0 Å². The Bertz CT molecular complexity index is 788. The van der Waals surface area contributed by atoms with Crippen molar-refractivity contribution < 1.29 is 17.1 Å². The maximum absolute atomic E-state index is 3.24. The van der Waals surface area contributed by atoms with Gasteiger partial charge in [-0.1, -0.05) is 0 Å². The molecular weight excluding hydrogens is 590 g/mol. The van der Waals surface area contributed by atoms with Crippen LogP contribution >= 0.6 is 24.8 Å². The molecule has 0 N–H and O–H groups in total. The van der Waals surface area contributed by atoms with Crippen LogP contribution in [0.25, 0.3) is 0 Å². The molecule has 0 spiro atoms. The van der Waals surface area contributed by atoms with Crippen molar-refractivity contribution in [2.45, 2.75) is 108 Å². The van der Waals surface area contributed by atoms with Crippen molar-refractivity contribution in [1.82, 2.24) is 0 Å². The zero-order valence-electron chi connectivity index (χ0n) is 19.8. The molecule has 0 aromatic rings. The second-order valence-corrected chi connectivity index (χ2v) is 54.8. The van der Waals surface area contributed by atoms with Gasteiger partial charge in [-0.3, -0.25) is 0 Å². The molecule has 0 saturated heterocycles. The summed E-state index contributed by atoms with van der Waals surface area (Å²) in [6.45, 7) is 7.37. The van der Waals surface area contributed by atoms with Crippen LogP contribution in [0.1, 0.15) is 90.9 Å². The van der Waals surface area contributed by atoms with Crippen molar-refractivity contribution >= 4 is 31.8 Å². The van der Waals surface area contributed by atoms with Gasteiger partial charge in [-0.05, 0) is 0 Å². The summed E-state index contributed by atoms with van der Waals surface area (Å²) in [5, 5.41) is 0. The van der Waals surface area contributed by atoms with E-state index in [0.29, 0.717) is 0 Å². The third kappa shape index (κ3) is 4.64. The minimum absolute atomic E-state index is 0. The average Bonchev–Trinajstić information content (AvgIpc) is 3.20. The molecular formula is C26H44Cl2HfSi. The molecule has 0 aromatic heterocycles. The molecule has 4 aliphatic carbocycles. The summed E-state index contributed by atoms with van der Waals surface area (Å²) in [6, 6.07) is 0. The largest absolute Gasteiger partial charge is 0.147 e. The molecule has 0 aromatic carbocycles. The van der Waals surface area contributed by atoms with Crippen LogP contribution in [0.15, 0.2) is 45.6 Å². The molecule has 0 fully saturated rings. The topological polar surface area (TPSA) is 0 Å². The minimum Gasteiger partial charge on any atom is -0.147 e. The second-order valence-electron chi connectivity index (χ2n) is 11.3. The quantitative estimate of drug-likeness (QED) is 0.256. The van der Waals surface area contributed by atoms with Gasteiger partial charge in [0.05, 0.1) is 0 Å². The first-order valence-electron chi connectivity index (χ1n) is 12.3. The van der Waals surface area contributed by atoms with E-state index in [9.17, 15) is 0 Å². The molecule has 4 heteroatoms. The molecule has 30 heavy (non-hydrogen) atoms. The van der Waals surface area contributed by atoms with E-state index in [2.05, 4.69) is 42.3 Å². The van der Waals surface area contributed by atoms with Crippen LogP contribution in [0, 0.1) is 0 Å². The molecule has 4 aliphatic rings.